The van der Waals surface area contributed by atoms with Crippen molar-refractivity contribution >= 4 is 15.7 Å². The van der Waals surface area contributed by atoms with Crippen LogP contribution in [0, 0.1) is 0 Å². The maximum absolute atomic E-state index is 11.9. The molecule has 5 nitrogen and oxygen atoms in total. The van der Waals surface area contributed by atoms with Crippen LogP contribution >= 0.6 is 0 Å². The zero-order valence-corrected chi connectivity index (χ0v) is 11.4. The molecule has 1 heterocycles. The molecule has 1 aliphatic rings. The molecule has 104 valence electrons. The average Bonchev–Trinajstić information content (AvgIpc) is 2.75. The van der Waals surface area contributed by atoms with Gasteiger partial charge in [0.15, 0.2) is 9.84 Å². The highest BCUT2D eigenvalue weighted by atomic mass is 32.2. The van der Waals surface area contributed by atoms with Gasteiger partial charge in [-0.25, -0.2) is 8.42 Å². The zero-order valence-electron chi connectivity index (χ0n) is 10.6. The first-order valence-electron chi connectivity index (χ1n) is 6.32. The maximum atomic E-state index is 11.9. The van der Waals surface area contributed by atoms with Crippen LogP contribution in [0.15, 0.2) is 24.3 Å². The lowest BCUT2D eigenvalue weighted by Crippen LogP contribution is -2.34. The van der Waals surface area contributed by atoms with Crippen molar-refractivity contribution in [1.29, 1.82) is 0 Å². The number of hydrogen-bond acceptors (Lipinski definition) is 4. The van der Waals surface area contributed by atoms with Gasteiger partial charge >= 0.3 is 0 Å². The lowest BCUT2D eigenvalue weighted by atomic mass is 10.1. The second-order valence-electron chi connectivity index (χ2n) is 4.75. The van der Waals surface area contributed by atoms with Crippen molar-refractivity contribution in [3.63, 3.8) is 0 Å². The molecule has 0 spiro atoms. The summed E-state index contributed by atoms with van der Waals surface area (Å²) in [6.45, 7) is 0.562. The molecule has 3 N–H and O–H groups in total. The quantitative estimate of drug-likeness (QED) is 0.839. The third-order valence-corrected chi connectivity index (χ3v) is 5.65. The molecule has 2 rings (SSSR count). The Balaban J connectivity index is 1.98. The minimum Gasteiger partial charge on any atom is -0.351 e. The summed E-state index contributed by atoms with van der Waals surface area (Å²) in [5.74, 6) is -0.0201. The van der Waals surface area contributed by atoms with Gasteiger partial charge in [-0.1, -0.05) is 12.1 Å². The van der Waals surface area contributed by atoms with E-state index < -0.39 is 15.1 Å². The summed E-state index contributed by atoms with van der Waals surface area (Å²) in [5.41, 5.74) is 6.91. The Bertz CT molecular complexity index is 569. The Morgan fingerprint density at radius 3 is 2.84 bits per heavy atom. The Morgan fingerprint density at radius 2 is 2.21 bits per heavy atom. The molecule has 0 aromatic heterocycles. The first-order valence-corrected chi connectivity index (χ1v) is 8.03. The van der Waals surface area contributed by atoms with E-state index in [1.807, 2.05) is 6.07 Å². The van der Waals surface area contributed by atoms with Gasteiger partial charge in [0.2, 0.25) is 0 Å². The van der Waals surface area contributed by atoms with Gasteiger partial charge in [-0.05, 0) is 30.5 Å². The van der Waals surface area contributed by atoms with Crippen LogP contribution in [0.5, 0.6) is 0 Å². The summed E-state index contributed by atoms with van der Waals surface area (Å²) in [4.78, 5) is 11.9. The van der Waals surface area contributed by atoms with E-state index in [1.54, 1.807) is 18.2 Å². The number of benzene rings is 1. The van der Waals surface area contributed by atoms with Gasteiger partial charge in [-0.15, -0.1) is 0 Å². The van der Waals surface area contributed by atoms with E-state index in [0.717, 1.165) is 5.56 Å². The second-order valence-corrected chi connectivity index (χ2v) is 7.15. The molecule has 1 atom stereocenters. The monoisotopic (exact) mass is 282 g/mol. The fourth-order valence-electron chi connectivity index (χ4n) is 2.24. The predicted molar refractivity (Wildman–Crippen MR) is 73.5 cm³/mol. The number of hydrogen-bond donors (Lipinski definition) is 2. The standard InChI is InChI=1S/C13H18N2O3S/c14-8-10-3-1-4-11(7-10)13(16)15-9-12-5-2-6-19(12,17)18/h1,3-4,7,12H,2,5-6,8-9,14H2,(H,15,16). The number of nitrogens with one attached hydrogen (secondary N) is 1. The van der Waals surface area contributed by atoms with Crippen molar-refractivity contribution in [1.82, 2.24) is 5.32 Å². The normalized spacial score (nSPS) is 21.2. The van der Waals surface area contributed by atoms with E-state index >= 15 is 0 Å². The van der Waals surface area contributed by atoms with Crippen molar-refractivity contribution in [3.05, 3.63) is 35.4 Å². The highest BCUT2D eigenvalue weighted by Gasteiger charge is 2.31. The number of sulfone groups is 1. The first-order chi connectivity index (χ1) is 9.03. The fraction of sp³-hybridized carbons (Fsp3) is 0.462. The summed E-state index contributed by atoms with van der Waals surface area (Å²) < 4.78 is 23.3. The maximum Gasteiger partial charge on any atom is 0.251 e. The van der Waals surface area contributed by atoms with Gasteiger partial charge in [0.1, 0.15) is 0 Å². The van der Waals surface area contributed by atoms with Crippen LogP contribution < -0.4 is 11.1 Å². The summed E-state index contributed by atoms with van der Waals surface area (Å²) >= 11 is 0. The van der Waals surface area contributed by atoms with Crippen LogP contribution in [0.3, 0.4) is 0 Å². The molecular formula is C13H18N2O3S. The average molecular weight is 282 g/mol. The molecule has 1 unspecified atom stereocenters. The number of nitrogens with two attached hydrogens (primary N) is 1. The van der Waals surface area contributed by atoms with Crippen molar-refractivity contribution in [3.8, 4) is 0 Å². The van der Waals surface area contributed by atoms with Gasteiger partial charge in [-0.3, -0.25) is 4.79 Å². The van der Waals surface area contributed by atoms with Crippen molar-refractivity contribution in [2.45, 2.75) is 24.6 Å². The molecule has 0 aliphatic carbocycles. The SMILES string of the molecule is NCc1cccc(C(=O)NCC2CCCS2(=O)=O)c1. The molecule has 1 aromatic carbocycles. The van der Waals surface area contributed by atoms with Crippen LogP contribution in [-0.4, -0.2) is 31.9 Å². The lowest BCUT2D eigenvalue weighted by molar-refractivity contribution is 0.0953. The van der Waals surface area contributed by atoms with E-state index in [9.17, 15) is 13.2 Å². The molecular weight excluding hydrogens is 264 g/mol. The fourth-order valence-corrected chi connectivity index (χ4v) is 4.00. The predicted octanol–water partition coefficient (Wildman–Crippen LogP) is 0.452. The molecule has 0 bridgehead atoms. The van der Waals surface area contributed by atoms with Crippen LogP contribution in [0.25, 0.3) is 0 Å². The topological polar surface area (TPSA) is 89.3 Å². The smallest absolute Gasteiger partial charge is 0.251 e. The van der Waals surface area contributed by atoms with E-state index in [0.29, 0.717) is 24.9 Å². The summed E-state index contributed by atoms with van der Waals surface area (Å²) in [7, 11) is -3.01. The van der Waals surface area contributed by atoms with Crippen molar-refractivity contribution in [2.75, 3.05) is 12.3 Å². The molecule has 1 fully saturated rings. The minimum atomic E-state index is -3.01. The Kier molecular flexibility index (Phi) is 4.21. The van der Waals surface area contributed by atoms with Crippen LogP contribution in [0.1, 0.15) is 28.8 Å². The van der Waals surface area contributed by atoms with Gasteiger partial charge in [-0.2, -0.15) is 0 Å². The molecule has 19 heavy (non-hydrogen) atoms. The number of carbonyl (C=O) groups is 1. The van der Waals surface area contributed by atoms with Gasteiger partial charge in [0.05, 0.1) is 11.0 Å². The summed E-state index contributed by atoms with van der Waals surface area (Å²) in [6, 6.07) is 7.03. The van der Waals surface area contributed by atoms with E-state index in [1.165, 1.54) is 0 Å². The Morgan fingerprint density at radius 1 is 1.42 bits per heavy atom. The van der Waals surface area contributed by atoms with E-state index in [2.05, 4.69) is 5.32 Å². The molecule has 1 aromatic rings. The van der Waals surface area contributed by atoms with Crippen molar-refractivity contribution in [2.24, 2.45) is 5.73 Å². The summed E-state index contributed by atoms with van der Waals surface area (Å²) in [6.07, 6.45) is 1.32. The number of amides is 1. The third kappa shape index (κ3) is 3.33. The Hall–Kier alpha value is -1.40. The third-order valence-electron chi connectivity index (χ3n) is 3.38. The second kappa shape index (κ2) is 5.71. The molecule has 1 aliphatic heterocycles. The highest BCUT2D eigenvalue weighted by Crippen LogP contribution is 2.19. The minimum absolute atomic E-state index is 0.189. The molecule has 1 saturated heterocycles. The largest absolute Gasteiger partial charge is 0.351 e. The van der Waals surface area contributed by atoms with Crippen molar-refractivity contribution < 1.29 is 13.2 Å². The number of rotatable bonds is 4. The summed E-state index contributed by atoms with van der Waals surface area (Å²) in [5, 5.41) is 2.25. The van der Waals surface area contributed by atoms with Crippen LogP contribution in [-0.2, 0) is 16.4 Å². The molecule has 0 radical (unpaired) electrons. The molecule has 6 heteroatoms. The van der Waals surface area contributed by atoms with Crippen LogP contribution in [0.2, 0.25) is 0 Å². The first kappa shape index (κ1) is 14.0. The lowest BCUT2D eigenvalue weighted by Gasteiger charge is -2.11. The van der Waals surface area contributed by atoms with Crippen LogP contribution in [0.4, 0.5) is 0 Å². The van der Waals surface area contributed by atoms with Gasteiger partial charge in [0, 0.05) is 18.7 Å². The molecule has 1 amide bonds. The number of carbonyl (C=O) groups excluding carboxylic acids is 1. The van der Waals surface area contributed by atoms with Gasteiger partial charge < -0.3 is 11.1 Å². The van der Waals surface area contributed by atoms with E-state index in [-0.39, 0.29) is 18.2 Å². The zero-order chi connectivity index (χ0) is 13.9. The highest BCUT2D eigenvalue weighted by molar-refractivity contribution is 7.92. The molecule has 0 saturated carbocycles. The van der Waals surface area contributed by atoms with E-state index in [4.69, 9.17) is 5.73 Å². The Labute approximate surface area is 113 Å². The van der Waals surface area contributed by atoms with Gasteiger partial charge in [0.25, 0.3) is 5.91 Å².